The number of hydrogen-bond donors (Lipinski definition) is 2. The van der Waals surface area contributed by atoms with E-state index in [1.165, 1.54) is 11.3 Å². The standard InChI is InChI=1S/C15H18ClN3OS/c1-3-10(2)19-14(20)12-6-4-5-7-13(12)17-8-11-9-18-15(16)21-11/h4-7,9-10,17H,3,8H2,1-2H3,(H,19,20). The number of hydrogen-bond acceptors (Lipinski definition) is 4. The molecule has 0 aliphatic rings. The average molecular weight is 324 g/mol. The van der Waals surface area contributed by atoms with Crippen LogP contribution in [0.15, 0.2) is 30.5 Å². The number of aromatic nitrogens is 1. The fourth-order valence-corrected chi connectivity index (χ4v) is 2.70. The molecule has 0 bridgehead atoms. The molecule has 112 valence electrons. The number of rotatable bonds is 6. The zero-order valence-electron chi connectivity index (χ0n) is 12.0. The molecule has 6 heteroatoms. The molecule has 0 aliphatic carbocycles. The highest BCUT2D eigenvalue weighted by Crippen LogP contribution is 2.21. The summed E-state index contributed by atoms with van der Waals surface area (Å²) in [5.41, 5.74) is 1.45. The minimum atomic E-state index is -0.0604. The van der Waals surface area contributed by atoms with Crippen LogP contribution >= 0.6 is 22.9 Å². The Bertz CT molecular complexity index is 614. The fraction of sp³-hybridized carbons (Fsp3) is 0.333. The molecule has 1 aromatic heterocycles. The summed E-state index contributed by atoms with van der Waals surface area (Å²) in [5.74, 6) is -0.0604. The number of carbonyl (C=O) groups excluding carboxylic acids is 1. The van der Waals surface area contributed by atoms with Gasteiger partial charge in [0.2, 0.25) is 0 Å². The van der Waals surface area contributed by atoms with E-state index in [1.807, 2.05) is 38.1 Å². The van der Waals surface area contributed by atoms with Gasteiger partial charge in [-0.1, -0.05) is 30.7 Å². The second-order valence-electron chi connectivity index (χ2n) is 4.76. The summed E-state index contributed by atoms with van der Waals surface area (Å²) in [4.78, 5) is 17.3. The van der Waals surface area contributed by atoms with Gasteiger partial charge in [0.1, 0.15) is 0 Å². The Balaban J connectivity index is 2.07. The van der Waals surface area contributed by atoms with Crippen LogP contribution in [0.3, 0.4) is 0 Å². The molecular weight excluding hydrogens is 306 g/mol. The molecule has 0 aliphatic heterocycles. The second kappa shape index (κ2) is 7.43. The van der Waals surface area contributed by atoms with Crippen LogP contribution < -0.4 is 10.6 Å². The number of halogens is 1. The monoisotopic (exact) mass is 323 g/mol. The molecular formula is C15H18ClN3OS. The Morgan fingerprint density at radius 1 is 1.43 bits per heavy atom. The molecule has 4 nitrogen and oxygen atoms in total. The maximum Gasteiger partial charge on any atom is 0.253 e. The number of nitrogens with zero attached hydrogens (tertiary/aromatic N) is 1. The molecule has 0 spiro atoms. The van der Waals surface area contributed by atoms with E-state index < -0.39 is 0 Å². The Morgan fingerprint density at radius 3 is 2.86 bits per heavy atom. The average Bonchev–Trinajstić information content (AvgIpc) is 2.90. The highest BCUT2D eigenvalue weighted by molar-refractivity contribution is 7.15. The topological polar surface area (TPSA) is 54.0 Å². The van der Waals surface area contributed by atoms with Crippen molar-refractivity contribution < 1.29 is 4.79 Å². The minimum absolute atomic E-state index is 0.0604. The molecule has 2 aromatic rings. The van der Waals surface area contributed by atoms with Crippen LogP contribution in [0.1, 0.15) is 35.5 Å². The van der Waals surface area contributed by atoms with Gasteiger partial charge < -0.3 is 10.6 Å². The van der Waals surface area contributed by atoms with E-state index in [9.17, 15) is 4.79 Å². The van der Waals surface area contributed by atoms with Crippen LogP contribution in [0.5, 0.6) is 0 Å². The van der Waals surface area contributed by atoms with Gasteiger partial charge in [-0.15, -0.1) is 11.3 Å². The van der Waals surface area contributed by atoms with Crippen molar-refractivity contribution in [1.82, 2.24) is 10.3 Å². The molecule has 1 heterocycles. The molecule has 0 saturated heterocycles. The summed E-state index contributed by atoms with van der Waals surface area (Å²) in [6.45, 7) is 4.63. The van der Waals surface area contributed by atoms with Crippen molar-refractivity contribution in [3.05, 3.63) is 45.4 Å². The first-order valence-electron chi connectivity index (χ1n) is 6.84. The van der Waals surface area contributed by atoms with E-state index in [0.717, 1.165) is 17.0 Å². The smallest absolute Gasteiger partial charge is 0.253 e. The third-order valence-corrected chi connectivity index (χ3v) is 4.25. The molecule has 1 unspecified atom stereocenters. The first-order chi connectivity index (χ1) is 10.1. The number of nitrogens with one attached hydrogen (secondary N) is 2. The number of thiazole rings is 1. The Morgan fingerprint density at radius 2 is 2.19 bits per heavy atom. The number of anilines is 1. The quantitative estimate of drug-likeness (QED) is 0.846. The van der Waals surface area contributed by atoms with Crippen LogP contribution in [0.4, 0.5) is 5.69 Å². The van der Waals surface area contributed by atoms with E-state index in [4.69, 9.17) is 11.6 Å². The number of benzene rings is 1. The van der Waals surface area contributed by atoms with Gasteiger partial charge >= 0.3 is 0 Å². The van der Waals surface area contributed by atoms with Crippen LogP contribution in [-0.4, -0.2) is 16.9 Å². The summed E-state index contributed by atoms with van der Waals surface area (Å²) in [6.07, 6.45) is 2.64. The van der Waals surface area contributed by atoms with E-state index in [2.05, 4.69) is 15.6 Å². The van der Waals surface area contributed by atoms with Gasteiger partial charge in [0.25, 0.3) is 5.91 Å². The summed E-state index contributed by atoms with van der Waals surface area (Å²) < 4.78 is 0.523. The Kier molecular flexibility index (Phi) is 5.59. The lowest BCUT2D eigenvalue weighted by atomic mass is 10.1. The maximum absolute atomic E-state index is 12.3. The molecule has 1 amide bonds. The Labute approximate surface area is 133 Å². The van der Waals surface area contributed by atoms with E-state index in [1.54, 1.807) is 6.20 Å². The first-order valence-corrected chi connectivity index (χ1v) is 8.03. The lowest BCUT2D eigenvalue weighted by molar-refractivity contribution is 0.0940. The van der Waals surface area contributed by atoms with Gasteiger partial charge in [-0.2, -0.15) is 0 Å². The third-order valence-electron chi connectivity index (χ3n) is 3.14. The molecule has 2 N–H and O–H groups in total. The van der Waals surface area contributed by atoms with Crippen LogP contribution in [-0.2, 0) is 6.54 Å². The number of carbonyl (C=O) groups is 1. The summed E-state index contributed by atoms with van der Waals surface area (Å²) in [7, 11) is 0. The van der Waals surface area contributed by atoms with Crippen molar-refractivity contribution >= 4 is 34.5 Å². The van der Waals surface area contributed by atoms with E-state index in [0.29, 0.717) is 16.6 Å². The summed E-state index contributed by atoms with van der Waals surface area (Å²) in [5, 5.41) is 6.24. The third kappa shape index (κ3) is 4.44. The normalized spacial score (nSPS) is 12.0. The molecule has 0 radical (unpaired) electrons. The van der Waals surface area contributed by atoms with Crippen molar-refractivity contribution in [2.75, 3.05) is 5.32 Å². The van der Waals surface area contributed by atoms with Gasteiger partial charge in [-0.25, -0.2) is 4.98 Å². The van der Waals surface area contributed by atoms with Crippen molar-refractivity contribution in [1.29, 1.82) is 0 Å². The molecule has 0 fully saturated rings. The molecule has 2 rings (SSSR count). The van der Waals surface area contributed by atoms with Crippen molar-refractivity contribution in [3.63, 3.8) is 0 Å². The SMILES string of the molecule is CCC(C)NC(=O)c1ccccc1NCc1cnc(Cl)s1. The predicted molar refractivity (Wildman–Crippen MR) is 88.1 cm³/mol. The minimum Gasteiger partial charge on any atom is -0.379 e. The van der Waals surface area contributed by atoms with E-state index >= 15 is 0 Å². The van der Waals surface area contributed by atoms with Gasteiger partial charge in [-0.05, 0) is 25.5 Å². The van der Waals surface area contributed by atoms with Crippen molar-refractivity contribution in [3.8, 4) is 0 Å². The van der Waals surface area contributed by atoms with Crippen molar-refractivity contribution in [2.45, 2.75) is 32.9 Å². The van der Waals surface area contributed by atoms with Gasteiger partial charge in [-0.3, -0.25) is 4.79 Å². The maximum atomic E-state index is 12.3. The largest absolute Gasteiger partial charge is 0.379 e. The van der Waals surface area contributed by atoms with Crippen LogP contribution in [0.2, 0.25) is 4.47 Å². The van der Waals surface area contributed by atoms with Crippen LogP contribution in [0.25, 0.3) is 0 Å². The lowest BCUT2D eigenvalue weighted by Gasteiger charge is -2.14. The second-order valence-corrected chi connectivity index (χ2v) is 6.46. The highest BCUT2D eigenvalue weighted by atomic mass is 35.5. The molecule has 1 aromatic carbocycles. The summed E-state index contributed by atoms with van der Waals surface area (Å²) >= 11 is 7.24. The van der Waals surface area contributed by atoms with Gasteiger partial charge in [0.15, 0.2) is 4.47 Å². The van der Waals surface area contributed by atoms with Crippen molar-refractivity contribution in [2.24, 2.45) is 0 Å². The summed E-state index contributed by atoms with van der Waals surface area (Å²) in [6, 6.07) is 7.64. The predicted octanol–water partition coefficient (Wildman–Crippen LogP) is 3.94. The highest BCUT2D eigenvalue weighted by Gasteiger charge is 2.12. The first kappa shape index (κ1) is 15.8. The zero-order chi connectivity index (χ0) is 15.2. The molecule has 21 heavy (non-hydrogen) atoms. The zero-order valence-corrected chi connectivity index (χ0v) is 13.6. The van der Waals surface area contributed by atoms with Gasteiger partial charge in [0.05, 0.1) is 12.1 Å². The molecule has 1 atom stereocenters. The fourth-order valence-electron chi connectivity index (χ4n) is 1.79. The Hall–Kier alpha value is -1.59. The van der Waals surface area contributed by atoms with Gasteiger partial charge in [0, 0.05) is 22.8 Å². The number of para-hydroxylation sites is 1. The lowest BCUT2D eigenvalue weighted by Crippen LogP contribution is -2.32. The number of amides is 1. The molecule has 0 saturated carbocycles. The van der Waals surface area contributed by atoms with Crippen LogP contribution in [0, 0.1) is 0 Å². The van der Waals surface area contributed by atoms with E-state index in [-0.39, 0.29) is 11.9 Å².